The molecule has 1 fully saturated rings. The maximum Gasteiger partial charge on any atom is 0.0554 e. The maximum atomic E-state index is 4.41. The molecule has 0 radical (unpaired) electrons. The Balaban J connectivity index is 1.08. The quantitative estimate of drug-likeness (QED) is 0.0819. The molecule has 9 rings (SSSR count). The van der Waals surface area contributed by atoms with Crippen molar-refractivity contribution in [1.29, 1.82) is 0 Å². The van der Waals surface area contributed by atoms with Crippen molar-refractivity contribution in [2.75, 3.05) is 9.80 Å². The lowest BCUT2D eigenvalue weighted by Crippen LogP contribution is -2.29. The molecule has 0 heterocycles. The van der Waals surface area contributed by atoms with Gasteiger partial charge in [0, 0.05) is 33.9 Å². The van der Waals surface area contributed by atoms with Crippen LogP contribution in [0.5, 0.6) is 0 Å². The van der Waals surface area contributed by atoms with Crippen LogP contribution in [-0.4, -0.2) is 6.04 Å². The fourth-order valence-electron chi connectivity index (χ4n) is 10.6. The zero-order chi connectivity index (χ0) is 40.3. The molecule has 4 aliphatic rings. The molecule has 0 spiro atoms. The molecule has 0 N–H and O–H groups in total. The van der Waals surface area contributed by atoms with Crippen LogP contribution < -0.4 is 9.80 Å². The number of hydrogen-bond donors (Lipinski definition) is 0. The van der Waals surface area contributed by atoms with E-state index in [0.29, 0.717) is 5.92 Å². The van der Waals surface area contributed by atoms with Crippen molar-refractivity contribution in [2.45, 2.75) is 109 Å². The molecule has 2 atom stereocenters. The van der Waals surface area contributed by atoms with Crippen molar-refractivity contribution in [3.8, 4) is 11.1 Å². The third kappa shape index (κ3) is 7.80. The van der Waals surface area contributed by atoms with Gasteiger partial charge in [0.1, 0.15) is 0 Å². The number of rotatable bonds is 14. The van der Waals surface area contributed by atoms with Crippen LogP contribution in [0.15, 0.2) is 152 Å². The second-order valence-electron chi connectivity index (χ2n) is 18.1. The van der Waals surface area contributed by atoms with Gasteiger partial charge in [0.15, 0.2) is 0 Å². The van der Waals surface area contributed by atoms with Crippen LogP contribution in [0, 0.1) is 11.8 Å². The number of nitrogens with zero attached hydrogens (tertiary/aromatic N) is 2. The van der Waals surface area contributed by atoms with Gasteiger partial charge in [-0.1, -0.05) is 138 Å². The zero-order valence-electron chi connectivity index (χ0n) is 35.7. The van der Waals surface area contributed by atoms with Crippen LogP contribution in [0.25, 0.3) is 28.0 Å². The lowest BCUT2D eigenvalue weighted by molar-refractivity contribution is 0.405. The highest BCUT2D eigenvalue weighted by Crippen LogP contribution is 2.52. The number of fused-ring (bicyclic) bond motifs is 5. The summed E-state index contributed by atoms with van der Waals surface area (Å²) in [5, 5.41) is 2.54. The van der Waals surface area contributed by atoms with E-state index in [-0.39, 0.29) is 11.5 Å². The Morgan fingerprint density at radius 1 is 0.763 bits per heavy atom. The minimum atomic E-state index is -0.191. The predicted molar refractivity (Wildman–Crippen MR) is 255 cm³/mol. The predicted octanol–water partition coefficient (Wildman–Crippen LogP) is 16.1. The largest absolute Gasteiger partial charge is 0.334 e. The maximum absolute atomic E-state index is 4.41. The molecule has 5 aromatic carbocycles. The van der Waals surface area contributed by atoms with E-state index in [1.54, 1.807) is 0 Å². The fourth-order valence-corrected chi connectivity index (χ4v) is 10.6. The molecule has 5 aromatic rings. The van der Waals surface area contributed by atoms with E-state index < -0.39 is 0 Å². The molecule has 0 amide bonds. The summed E-state index contributed by atoms with van der Waals surface area (Å²) in [7, 11) is 0. The molecule has 2 heteroatoms. The number of anilines is 4. The van der Waals surface area contributed by atoms with Crippen molar-refractivity contribution in [3.63, 3.8) is 0 Å². The van der Waals surface area contributed by atoms with Gasteiger partial charge in [0.2, 0.25) is 0 Å². The monoisotopic (exact) mass is 774 g/mol. The molecule has 0 aromatic heterocycles. The first-order valence-corrected chi connectivity index (χ1v) is 22.8. The van der Waals surface area contributed by atoms with Gasteiger partial charge in [0.25, 0.3) is 0 Å². The van der Waals surface area contributed by atoms with Crippen molar-refractivity contribution >= 4 is 39.6 Å². The van der Waals surface area contributed by atoms with Gasteiger partial charge in [-0.05, 0) is 162 Å². The summed E-state index contributed by atoms with van der Waals surface area (Å²) < 4.78 is 0. The average molecular weight is 775 g/mol. The molecule has 2 nitrogen and oxygen atoms in total. The van der Waals surface area contributed by atoms with Crippen LogP contribution in [-0.2, 0) is 11.8 Å². The number of hydrogen-bond acceptors (Lipinski definition) is 2. The summed E-state index contributed by atoms with van der Waals surface area (Å²) in [5.41, 5.74) is 14.2. The minimum absolute atomic E-state index is 0.125. The van der Waals surface area contributed by atoms with Crippen molar-refractivity contribution in [1.82, 2.24) is 0 Å². The smallest absolute Gasteiger partial charge is 0.0554 e. The second kappa shape index (κ2) is 17.1. The van der Waals surface area contributed by atoms with E-state index >= 15 is 0 Å². The van der Waals surface area contributed by atoms with E-state index in [9.17, 15) is 0 Å². The fraction of sp³-hybridized carbons (Fsp3) is 0.333. The van der Waals surface area contributed by atoms with Crippen molar-refractivity contribution < 1.29 is 0 Å². The second-order valence-corrected chi connectivity index (χ2v) is 18.1. The van der Waals surface area contributed by atoms with E-state index in [1.165, 1.54) is 118 Å². The first-order valence-electron chi connectivity index (χ1n) is 22.8. The van der Waals surface area contributed by atoms with Gasteiger partial charge < -0.3 is 9.80 Å². The molecule has 2 unspecified atom stereocenters. The SMILES string of the molecule is C=CC(CC=CCCCCC)N(c1ccc2c(c1)C=CCC2)c1ccc2c(c1)C(C)(C)c1cc(N(C3=CCC(C4CCCC4)C=C3)c3ccc4ccccc4c3)ccc1-2. The van der Waals surface area contributed by atoms with Crippen molar-refractivity contribution in [2.24, 2.45) is 11.8 Å². The highest BCUT2D eigenvalue weighted by Gasteiger charge is 2.37. The normalized spacial score (nSPS) is 18.4. The van der Waals surface area contributed by atoms with Gasteiger partial charge in [-0.3, -0.25) is 0 Å². The van der Waals surface area contributed by atoms with Crippen LogP contribution in [0.4, 0.5) is 22.7 Å². The van der Waals surface area contributed by atoms with Crippen LogP contribution in [0.3, 0.4) is 0 Å². The molecule has 0 saturated heterocycles. The van der Waals surface area contributed by atoms with E-state index in [1.807, 2.05) is 0 Å². The summed E-state index contributed by atoms with van der Waals surface area (Å²) >= 11 is 0. The van der Waals surface area contributed by atoms with E-state index in [0.717, 1.165) is 38.0 Å². The number of benzene rings is 5. The Labute approximate surface area is 354 Å². The molecule has 1 saturated carbocycles. The lowest BCUT2D eigenvalue weighted by Gasteiger charge is -2.33. The van der Waals surface area contributed by atoms with Gasteiger partial charge in [0.05, 0.1) is 6.04 Å². The van der Waals surface area contributed by atoms with Gasteiger partial charge in [-0.2, -0.15) is 0 Å². The van der Waals surface area contributed by atoms with Gasteiger partial charge >= 0.3 is 0 Å². The summed E-state index contributed by atoms with van der Waals surface area (Å²) in [6.07, 6.45) is 33.7. The first kappa shape index (κ1) is 39.1. The molecule has 300 valence electrons. The third-order valence-corrected chi connectivity index (χ3v) is 14.0. The number of aryl methyl sites for hydroxylation is 1. The van der Waals surface area contributed by atoms with Crippen LogP contribution in [0.2, 0.25) is 0 Å². The van der Waals surface area contributed by atoms with E-state index in [4.69, 9.17) is 0 Å². The molecular weight excluding hydrogens is 713 g/mol. The summed E-state index contributed by atoms with van der Waals surface area (Å²) in [6, 6.07) is 37.4. The zero-order valence-corrected chi connectivity index (χ0v) is 35.7. The molecular formula is C57H62N2. The molecule has 0 aliphatic heterocycles. The number of allylic oxidation sites excluding steroid dienone is 5. The Kier molecular flexibility index (Phi) is 11.3. The highest BCUT2D eigenvalue weighted by atomic mass is 15.2. The Morgan fingerprint density at radius 2 is 1.47 bits per heavy atom. The highest BCUT2D eigenvalue weighted by molar-refractivity contribution is 5.90. The standard InChI is InChI=1S/C57H62N2/c1-5-7-8-9-10-11-24-47(6-2)58(49-31-27-42-20-14-16-22-45(42)37-49)51-33-35-53-54-36-34-52(40-56(54)57(3,4)55(53)39-51)59(50-32-28-43-21-15-17-23-46(43)38-50)48-29-25-44(26-30-48)41-18-12-13-19-41/h6,10-11,15-17,21-23,25,27-41,44,47H,2,5,7-9,12-14,18-20,24,26H2,1,3-4H3. The Morgan fingerprint density at radius 3 is 2.24 bits per heavy atom. The van der Waals surface area contributed by atoms with Crippen LogP contribution >= 0.6 is 0 Å². The van der Waals surface area contributed by atoms with E-state index in [2.05, 4.69) is 183 Å². The van der Waals surface area contributed by atoms with Crippen LogP contribution in [0.1, 0.15) is 114 Å². The van der Waals surface area contributed by atoms with Gasteiger partial charge in [-0.15, -0.1) is 6.58 Å². The third-order valence-electron chi connectivity index (χ3n) is 14.0. The number of unbranched alkanes of at least 4 members (excludes halogenated alkanes) is 3. The molecule has 4 aliphatic carbocycles. The summed E-state index contributed by atoms with van der Waals surface area (Å²) in [6.45, 7) is 11.5. The van der Waals surface area contributed by atoms with Crippen molar-refractivity contribution in [3.05, 3.63) is 174 Å². The summed E-state index contributed by atoms with van der Waals surface area (Å²) in [4.78, 5) is 5.05. The summed E-state index contributed by atoms with van der Waals surface area (Å²) in [5.74, 6) is 1.48. The average Bonchev–Trinajstić information content (AvgIpc) is 3.89. The molecule has 59 heavy (non-hydrogen) atoms. The minimum Gasteiger partial charge on any atom is -0.334 e. The lowest BCUT2D eigenvalue weighted by atomic mass is 9.82. The Bertz CT molecular complexity index is 2450. The topological polar surface area (TPSA) is 6.48 Å². The first-order chi connectivity index (χ1) is 28.9. The Hall–Kier alpha value is -5.34. The van der Waals surface area contributed by atoms with Gasteiger partial charge in [-0.25, -0.2) is 0 Å². The molecule has 0 bridgehead atoms.